The summed E-state index contributed by atoms with van der Waals surface area (Å²) in [4.78, 5) is 36.8. The highest BCUT2D eigenvalue weighted by molar-refractivity contribution is 5.90. The Morgan fingerprint density at radius 2 is 1.58 bits per heavy atom. The number of hydrogen-bond donors (Lipinski definition) is 3. The maximum atomic E-state index is 13.0. The summed E-state index contributed by atoms with van der Waals surface area (Å²) >= 11 is 0. The summed E-state index contributed by atoms with van der Waals surface area (Å²) in [7, 11) is 0. The van der Waals surface area contributed by atoms with Crippen molar-refractivity contribution in [3.63, 3.8) is 0 Å². The molecule has 5 rings (SSSR count). The summed E-state index contributed by atoms with van der Waals surface area (Å²) in [5.74, 6) is -1.51. The highest BCUT2D eigenvalue weighted by atomic mass is 16.5. The number of rotatable bonds is 7. The second-order valence-electron chi connectivity index (χ2n) is 9.39. The largest absolute Gasteiger partial charge is 0.481 e. The third-order valence-corrected chi connectivity index (χ3v) is 7.34. The number of carboxylic acid groups (broad SMARTS) is 1. The molecule has 33 heavy (non-hydrogen) atoms. The maximum Gasteiger partial charge on any atom is 0.408 e. The van der Waals surface area contributed by atoms with Crippen molar-refractivity contribution in [3.8, 4) is 11.1 Å². The Bertz CT molecular complexity index is 1050. The van der Waals surface area contributed by atoms with Gasteiger partial charge in [-0.1, -0.05) is 61.4 Å². The molecule has 3 aliphatic carbocycles. The fraction of sp³-hybridized carbons (Fsp3) is 0.423. The van der Waals surface area contributed by atoms with Crippen LogP contribution in [0.25, 0.3) is 11.1 Å². The number of carboxylic acids is 1. The number of carbonyl (C=O) groups excluding carboxylic acids is 2. The number of nitrogens with one attached hydrogen (secondary N) is 2. The van der Waals surface area contributed by atoms with Crippen molar-refractivity contribution in [1.82, 2.24) is 10.6 Å². The van der Waals surface area contributed by atoms with Gasteiger partial charge >= 0.3 is 12.1 Å². The number of amides is 2. The second-order valence-corrected chi connectivity index (χ2v) is 9.39. The van der Waals surface area contributed by atoms with E-state index in [1.165, 1.54) is 0 Å². The van der Waals surface area contributed by atoms with Crippen LogP contribution in [-0.4, -0.2) is 41.8 Å². The highest BCUT2D eigenvalue weighted by Crippen LogP contribution is 2.44. The molecule has 0 aliphatic heterocycles. The Balaban J connectivity index is 1.22. The smallest absolute Gasteiger partial charge is 0.408 e. The van der Waals surface area contributed by atoms with E-state index in [9.17, 15) is 14.4 Å². The van der Waals surface area contributed by atoms with Gasteiger partial charge in [0.2, 0.25) is 5.91 Å². The number of hydrogen-bond acceptors (Lipinski definition) is 4. The second kappa shape index (κ2) is 8.54. The number of carbonyl (C=O) groups is 3. The van der Waals surface area contributed by atoms with Crippen molar-refractivity contribution in [2.24, 2.45) is 11.8 Å². The molecular weight excluding hydrogens is 420 g/mol. The molecule has 7 heteroatoms. The van der Waals surface area contributed by atoms with Crippen molar-refractivity contribution in [3.05, 3.63) is 59.7 Å². The molecule has 2 saturated carbocycles. The Morgan fingerprint density at radius 3 is 2.15 bits per heavy atom. The average molecular weight is 449 g/mol. The van der Waals surface area contributed by atoms with Gasteiger partial charge in [0.25, 0.3) is 0 Å². The van der Waals surface area contributed by atoms with E-state index in [0.717, 1.165) is 35.1 Å². The summed E-state index contributed by atoms with van der Waals surface area (Å²) in [6.45, 7) is 0.518. The van der Waals surface area contributed by atoms with Gasteiger partial charge in [-0.05, 0) is 47.4 Å². The fourth-order valence-electron chi connectivity index (χ4n) is 5.39. The highest BCUT2D eigenvalue weighted by Gasteiger charge is 2.46. The topological polar surface area (TPSA) is 105 Å². The van der Waals surface area contributed by atoms with Gasteiger partial charge in [0, 0.05) is 12.5 Å². The molecule has 7 nitrogen and oxygen atoms in total. The van der Waals surface area contributed by atoms with E-state index in [4.69, 9.17) is 9.84 Å². The zero-order valence-electron chi connectivity index (χ0n) is 18.4. The minimum atomic E-state index is -0.990. The molecule has 0 unspecified atom stereocenters. The van der Waals surface area contributed by atoms with E-state index in [1.807, 2.05) is 24.3 Å². The number of aliphatic carboxylic acids is 1. The average Bonchev–Trinajstić information content (AvgIpc) is 3.34. The minimum absolute atomic E-state index is 0.0284. The van der Waals surface area contributed by atoms with Gasteiger partial charge < -0.3 is 20.5 Å². The number of ether oxygens (including phenoxy) is 1. The molecule has 0 saturated heterocycles. The third-order valence-electron chi connectivity index (χ3n) is 7.34. The first kappa shape index (κ1) is 21.5. The quantitative estimate of drug-likeness (QED) is 0.599. The van der Waals surface area contributed by atoms with Crippen LogP contribution in [0.15, 0.2) is 48.5 Å². The molecule has 2 atom stereocenters. The lowest BCUT2D eigenvalue weighted by atomic mass is 9.96. The van der Waals surface area contributed by atoms with Crippen molar-refractivity contribution < 1.29 is 24.2 Å². The van der Waals surface area contributed by atoms with Gasteiger partial charge in [0.15, 0.2) is 0 Å². The Morgan fingerprint density at radius 1 is 0.970 bits per heavy atom. The van der Waals surface area contributed by atoms with Crippen LogP contribution in [0.2, 0.25) is 0 Å². The summed E-state index contributed by atoms with van der Waals surface area (Å²) in [5, 5.41) is 14.8. The first-order valence-corrected chi connectivity index (χ1v) is 11.6. The molecule has 0 heterocycles. The van der Waals surface area contributed by atoms with Crippen LogP contribution in [0, 0.1) is 11.8 Å². The molecule has 0 aromatic heterocycles. The van der Waals surface area contributed by atoms with E-state index < -0.39 is 17.6 Å². The molecular formula is C26H28N2O5. The minimum Gasteiger partial charge on any atom is -0.481 e. The zero-order chi connectivity index (χ0) is 23.0. The van der Waals surface area contributed by atoms with Crippen LogP contribution in [0.5, 0.6) is 0 Å². The molecule has 2 amide bonds. The van der Waals surface area contributed by atoms with Crippen molar-refractivity contribution in [1.29, 1.82) is 0 Å². The number of alkyl carbamates (subject to hydrolysis) is 1. The third kappa shape index (κ3) is 4.08. The molecule has 0 bridgehead atoms. The molecule has 0 spiro atoms. The molecule has 2 fully saturated rings. The van der Waals surface area contributed by atoms with E-state index in [-0.39, 0.29) is 30.3 Å². The van der Waals surface area contributed by atoms with Crippen molar-refractivity contribution in [2.45, 2.75) is 43.6 Å². The zero-order valence-corrected chi connectivity index (χ0v) is 18.4. The molecule has 3 N–H and O–H groups in total. The lowest BCUT2D eigenvalue weighted by molar-refractivity contribution is -0.139. The van der Waals surface area contributed by atoms with Crippen LogP contribution in [0.4, 0.5) is 4.79 Å². The van der Waals surface area contributed by atoms with E-state index in [2.05, 4.69) is 34.9 Å². The van der Waals surface area contributed by atoms with Crippen LogP contribution >= 0.6 is 0 Å². The summed E-state index contributed by atoms with van der Waals surface area (Å²) < 4.78 is 5.66. The predicted octanol–water partition coefficient (Wildman–Crippen LogP) is 3.67. The van der Waals surface area contributed by atoms with Gasteiger partial charge in [-0.15, -0.1) is 0 Å². The van der Waals surface area contributed by atoms with Gasteiger partial charge in [-0.3, -0.25) is 9.59 Å². The van der Waals surface area contributed by atoms with Crippen LogP contribution in [0.3, 0.4) is 0 Å². The van der Waals surface area contributed by atoms with E-state index in [0.29, 0.717) is 25.8 Å². The van der Waals surface area contributed by atoms with Crippen molar-refractivity contribution in [2.75, 3.05) is 13.2 Å². The van der Waals surface area contributed by atoms with Gasteiger partial charge in [-0.2, -0.15) is 0 Å². The Hall–Kier alpha value is -3.35. The van der Waals surface area contributed by atoms with Crippen LogP contribution in [-0.2, 0) is 14.3 Å². The lowest BCUT2D eigenvalue weighted by Gasteiger charge is -2.29. The van der Waals surface area contributed by atoms with Crippen molar-refractivity contribution >= 4 is 18.0 Å². The fourth-order valence-corrected chi connectivity index (χ4v) is 5.39. The Labute approximate surface area is 192 Å². The van der Waals surface area contributed by atoms with E-state index in [1.54, 1.807) is 0 Å². The Kier molecular flexibility index (Phi) is 5.56. The molecule has 2 aromatic rings. The maximum absolute atomic E-state index is 13.0. The van der Waals surface area contributed by atoms with Gasteiger partial charge in [0.1, 0.15) is 12.1 Å². The van der Waals surface area contributed by atoms with Gasteiger partial charge in [-0.25, -0.2) is 4.79 Å². The van der Waals surface area contributed by atoms with Gasteiger partial charge in [0.05, 0.1) is 5.92 Å². The molecule has 3 aliphatic rings. The van der Waals surface area contributed by atoms with Crippen LogP contribution < -0.4 is 10.6 Å². The molecule has 172 valence electrons. The summed E-state index contributed by atoms with van der Waals surface area (Å²) in [5.41, 5.74) is 3.60. The van der Waals surface area contributed by atoms with E-state index >= 15 is 0 Å². The summed E-state index contributed by atoms with van der Waals surface area (Å²) in [6.07, 6.45) is 2.79. The summed E-state index contributed by atoms with van der Waals surface area (Å²) in [6, 6.07) is 16.3. The normalized spacial score (nSPS) is 22.2. The molecule has 0 radical (unpaired) electrons. The van der Waals surface area contributed by atoms with Crippen LogP contribution in [0.1, 0.15) is 49.1 Å². The SMILES string of the molecule is O=C(NC1(C(=O)NC[C@H]2C[C@H]2C(=O)O)CCCC1)OCC1c2ccccc2-c2ccccc21. The predicted molar refractivity (Wildman–Crippen MR) is 122 cm³/mol. The molecule has 2 aromatic carbocycles. The number of benzene rings is 2. The monoisotopic (exact) mass is 448 g/mol. The lowest BCUT2D eigenvalue weighted by Crippen LogP contribution is -2.57. The number of fused-ring (bicyclic) bond motifs is 3. The standard InChI is InChI=1S/C26H28N2O5/c29-23(30)21-13-16(21)14-27-24(31)26(11-5-6-12-26)28-25(32)33-15-22-19-9-3-1-7-17(19)18-8-2-4-10-20(18)22/h1-4,7-10,16,21-22H,5-6,11-15H2,(H,27,31)(H,28,32)(H,29,30)/t16-,21-/m1/s1. The first-order valence-electron chi connectivity index (χ1n) is 11.6. The first-order chi connectivity index (χ1) is 16.0.